The summed E-state index contributed by atoms with van der Waals surface area (Å²) in [5.74, 6) is -1.88. The summed E-state index contributed by atoms with van der Waals surface area (Å²) < 4.78 is 47.1. The lowest BCUT2D eigenvalue weighted by atomic mass is 9.93. The molecule has 3 amide bonds. The summed E-state index contributed by atoms with van der Waals surface area (Å²) in [7, 11) is 1.69. The molecule has 2 aromatic carbocycles. The summed E-state index contributed by atoms with van der Waals surface area (Å²) in [6.07, 6.45) is 0.540. The number of hydrogen-bond acceptors (Lipinski definition) is 6. The van der Waals surface area contributed by atoms with Gasteiger partial charge in [-0.1, -0.05) is 41.5 Å². The Kier molecular flexibility index (Phi) is 13.6. The van der Waals surface area contributed by atoms with Crippen molar-refractivity contribution in [1.82, 2.24) is 35.0 Å². The molecule has 3 N–H and O–H groups in total. The largest absolute Gasteiger partial charge is 0.352 e. The predicted octanol–water partition coefficient (Wildman–Crippen LogP) is 6.96. The minimum absolute atomic E-state index is 0.0384. The highest BCUT2D eigenvalue weighted by atomic mass is 19.1. The van der Waals surface area contributed by atoms with Crippen molar-refractivity contribution in [1.29, 1.82) is 0 Å². The number of likely N-dealkylation sites (N-methyl/N-ethyl adjacent to an activating group) is 1. The summed E-state index contributed by atoms with van der Waals surface area (Å²) in [6.45, 7) is 14.1. The van der Waals surface area contributed by atoms with Gasteiger partial charge in [-0.25, -0.2) is 18.2 Å². The molecular formula is C45H60F3N7O4. The fraction of sp³-hybridized carbons (Fsp3) is 0.578. The van der Waals surface area contributed by atoms with Gasteiger partial charge >= 0.3 is 0 Å². The first-order chi connectivity index (χ1) is 28.1. The van der Waals surface area contributed by atoms with Crippen LogP contribution >= 0.6 is 0 Å². The van der Waals surface area contributed by atoms with Gasteiger partial charge in [0, 0.05) is 60.8 Å². The van der Waals surface area contributed by atoms with Crippen molar-refractivity contribution in [3.05, 3.63) is 53.6 Å². The number of imidazole rings is 1. The van der Waals surface area contributed by atoms with Gasteiger partial charge in [-0.3, -0.25) is 19.2 Å². The number of carbonyl (C=O) groups is 4. The molecule has 11 nitrogen and oxygen atoms in total. The highest BCUT2D eigenvalue weighted by Crippen LogP contribution is 2.39. The van der Waals surface area contributed by atoms with Gasteiger partial charge < -0.3 is 30.0 Å². The van der Waals surface area contributed by atoms with Gasteiger partial charge in [-0.2, -0.15) is 0 Å². The molecule has 6 rings (SSSR count). The predicted molar refractivity (Wildman–Crippen MR) is 223 cm³/mol. The summed E-state index contributed by atoms with van der Waals surface area (Å²) in [6, 6.07) is 6.75. The number of H-pyrrole nitrogens is 1. The molecule has 4 heterocycles. The van der Waals surface area contributed by atoms with Crippen molar-refractivity contribution in [2.24, 2.45) is 23.7 Å². The van der Waals surface area contributed by atoms with E-state index in [0.717, 1.165) is 0 Å². The molecule has 320 valence electrons. The van der Waals surface area contributed by atoms with E-state index in [1.54, 1.807) is 31.0 Å². The van der Waals surface area contributed by atoms with Crippen LogP contribution < -0.4 is 10.6 Å². The second-order valence-electron chi connectivity index (χ2n) is 17.0. The first kappa shape index (κ1) is 43.8. The summed E-state index contributed by atoms with van der Waals surface area (Å²) in [5, 5.41) is 6.59. The fourth-order valence-corrected chi connectivity index (χ4v) is 8.91. The molecule has 9 atom stereocenters. The number of aromatic nitrogens is 3. The van der Waals surface area contributed by atoms with Gasteiger partial charge in [0.1, 0.15) is 29.6 Å². The number of carbonyl (C=O) groups excluding carboxylic acids is 4. The molecule has 59 heavy (non-hydrogen) atoms. The standard InChI is InChI=1S/C45H60F3N7O4/c1-9-24(4)43(57)52-35(11-3)45(59)55-21-25(5)26(6)39(55)23-54-38-15-13-30(47)19-37(38)51-42(54)41-34(33-14-12-29(46)18-36(33)50-41)20-32-17-31(48)22-53(32)44(58)28(10-2)16-40(56)27(7)49-8/h12-15,18-19,24-28,31-32,35,39,49-50H,9-11,16-17,20-23H2,1-8H3,(H,52,57)/t24-,25+,26+,27+,28-,31+,32+,35+,39-/m1/s1. The van der Waals surface area contributed by atoms with Crippen LogP contribution in [0.5, 0.6) is 0 Å². The Hall–Kier alpha value is -4.72. The topological polar surface area (TPSA) is 132 Å². The zero-order chi connectivity index (χ0) is 42.9. The van der Waals surface area contributed by atoms with E-state index in [1.807, 2.05) is 37.2 Å². The average Bonchev–Trinajstić information content (AvgIpc) is 3.95. The van der Waals surface area contributed by atoms with Crippen LogP contribution in [0, 0.1) is 35.3 Å². The lowest BCUT2D eigenvalue weighted by Crippen LogP contribution is -2.52. The molecule has 2 aliphatic rings. The highest BCUT2D eigenvalue weighted by Gasteiger charge is 2.43. The smallest absolute Gasteiger partial charge is 0.245 e. The van der Waals surface area contributed by atoms with Gasteiger partial charge in [0.2, 0.25) is 17.7 Å². The molecule has 0 spiro atoms. The van der Waals surface area contributed by atoms with Crippen LogP contribution in [0.2, 0.25) is 0 Å². The molecule has 2 fully saturated rings. The molecule has 2 aromatic heterocycles. The molecule has 0 radical (unpaired) electrons. The Balaban J connectivity index is 1.42. The van der Waals surface area contributed by atoms with Crippen LogP contribution in [0.25, 0.3) is 33.5 Å². The van der Waals surface area contributed by atoms with Crippen LogP contribution in [-0.2, 0) is 32.1 Å². The van der Waals surface area contributed by atoms with Crippen LogP contribution in [0.3, 0.4) is 0 Å². The van der Waals surface area contributed by atoms with Crippen molar-refractivity contribution < 1.29 is 32.3 Å². The van der Waals surface area contributed by atoms with Gasteiger partial charge in [0.15, 0.2) is 5.82 Å². The number of rotatable bonds is 16. The third kappa shape index (κ3) is 8.93. The van der Waals surface area contributed by atoms with E-state index in [4.69, 9.17) is 4.98 Å². The summed E-state index contributed by atoms with van der Waals surface area (Å²) in [5.41, 5.74) is 2.70. The van der Waals surface area contributed by atoms with Gasteiger partial charge in [-0.05, 0) is 87.4 Å². The molecule has 0 aliphatic carbocycles. The van der Waals surface area contributed by atoms with Crippen LogP contribution in [0.1, 0.15) is 86.1 Å². The monoisotopic (exact) mass is 819 g/mol. The third-order valence-electron chi connectivity index (χ3n) is 13.2. The molecule has 4 aromatic rings. The molecule has 2 saturated heterocycles. The van der Waals surface area contributed by atoms with Crippen LogP contribution in [-0.4, -0.2) is 98.3 Å². The van der Waals surface area contributed by atoms with E-state index in [0.29, 0.717) is 64.8 Å². The van der Waals surface area contributed by atoms with Crippen molar-refractivity contribution >= 4 is 45.4 Å². The normalized spacial score (nSPS) is 22.9. The number of fused-ring (bicyclic) bond motifs is 2. The van der Waals surface area contributed by atoms with Crippen molar-refractivity contribution in [3.63, 3.8) is 0 Å². The Morgan fingerprint density at radius 1 is 0.932 bits per heavy atom. The second-order valence-corrected chi connectivity index (χ2v) is 17.0. The van der Waals surface area contributed by atoms with E-state index in [2.05, 4.69) is 29.5 Å². The minimum atomic E-state index is -1.27. The zero-order valence-electron chi connectivity index (χ0n) is 35.6. The molecule has 0 bridgehead atoms. The number of ketones is 1. The number of nitrogens with zero attached hydrogens (tertiary/aromatic N) is 4. The Morgan fingerprint density at radius 3 is 2.32 bits per heavy atom. The number of likely N-dealkylation sites (tertiary alicyclic amines) is 2. The Labute approximate surface area is 344 Å². The molecule has 2 aliphatic heterocycles. The van der Waals surface area contributed by atoms with Crippen molar-refractivity contribution in [3.8, 4) is 11.5 Å². The van der Waals surface area contributed by atoms with E-state index in [-0.39, 0.29) is 79.7 Å². The minimum Gasteiger partial charge on any atom is -0.352 e. The molecule has 0 unspecified atom stereocenters. The summed E-state index contributed by atoms with van der Waals surface area (Å²) >= 11 is 0. The van der Waals surface area contributed by atoms with E-state index in [9.17, 15) is 28.0 Å². The maximum atomic E-state index is 15.4. The van der Waals surface area contributed by atoms with Crippen LogP contribution in [0.4, 0.5) is 13.2 Å². The maximum Gasteiger partial charge on any atom is 0.245 e. The summed E-state index contributed by atoms with van der Waals surface area (Å²) in [4.78, 5) is 66.1. The molecule has 0 saturated carbocycles. The van der Waals surface area contributed by atoms with Gasteiger partial charge in [0.05, 0.1) is 35.4 Å². The Bertz CT molecular complexity index is 2190. The first-order valence-corrected chi connectivity index (χ1v) is 21.3. The first-order valence-electron chi connectivity index (χ1n) is 21.3. The SMILES string of the molecule is CC[C@H](CC(=O)[C@H](C)NC)C(=O)N1C[C@@H](F)C[C@H]1Cc1c(-c2nc3cc(F)ccc3n2C[C@@H]2[C@@H](C)[C@@H](C)CN2C(=O)[C@H](CC)NC(=O)[C@H](C)CC)[nH]c2cc(F)ccc12. The zero-order valence-corrected chi connectivity index (χ0v) is 35.6. The van der Waals surface area contributed by atoms with Crippen LogP contribution in [0.15, 0.2) is 36.4 Å². The number of aromatic amines is 1. The maximum absolute atomic E-state index is 15.4. The van der Waals surface area contributed by atoms with Crippen molar-refractivity contribution in [2.75, 3.05) is 20.1 Å². The molecule has 14 heteroatoms. The fourth-order valence-electron chi connectivity index (χ4n) is 8.91. The van der Waals surface area contributed by atoms with E-state index < -0.39 is 41.8 Å². The number of halogens is 3. The number of amides is 3. The average molecular weight is 820 g/mol. The number of alkyl halides is 1. The van der Waals surface area contributed by atoms with Gasteiger partial charge in [0.25, 0.3) is 0 Å². The number of Topliss-reactive ketones (excluding diaryl/α,β-unsaturated/α-hetero) is 1. The second kappa shape index (κ2) is 18.3. The highest BCUT2D eigenvalue weighted by molar-refractivity contribution is 5.93. The third-order valence-corrected chi connectivity index (χ3v) is 13.2. The quantitative estimate of drug-likeness (QED) is 0.112. The Morgan fingerprint density at radius 2 is 1.64 bits per heavy atom. The lowest BCUT2D eigenvalue weighted by molar-refractivity contribution is -0.139. The molecular weight excluding hydrogens is 760 g/mol. The van der Waals surface area contributed by atoms with Crippen molar-refractivity contribution in [2.45, 2.75) is 124 Å². The van der Waals surface area contributed by atoms with E-state index in [1.165, 1.54) is 24.3 Å². The number of benzene rings is 2. The number of hydrogen-bond donors (Lipinski definition) is 3. The lowest BCUT2D eigenvalue weighted by Gasteiger charge is -2.31. The van der Waals surface area contributed by atoms with Gasteiger partial charge in [-0.15, -0.1) is 0 Å². The van der Waals surface area contributed by atoms with E-state index >= 15 is 4.39 Å². The number of nitrogens with one attached hydrogen (secondary N) is 3.